The lowest BCUT2D eigenvalue weighted by atomic mass is 10.1. The lowest BCUT2D eigenvalue weighted by Crippen LogP contribution is -2.26. The molecule has 1 unspecified atom stereocenters. The summed E-state index contributed by atoms with van der Waals surface area (Å²) in [6.07, 6.45) is 0.224. The second-order valence-corrected chi connectivity index (χ2v) is 4.32. The number of carbonyl (C=O) groups is 2. The average molecular weight is 315 g/mol. The number of esters is 1. The maximum Gasteiger partial charge on any atom is 0.348 e. The van der Waals surface area contributed by atoms with E-state index in [1.54, 1.807) is 31.2 Å². The Hall–Kier alpha value is -1.49. The Balaban J connectivity index is 2.64. The molecule has 0 N–H and O–H groups in total. The molecule has 0 saturated heterocycles. The molecule has 1 atom stereocenters. The summed E-state index contributed by atoms with van der Waals surface area (Å²) in [7, 11) is 0. The highest BCUT2D eigenvalue weighted by atomic mass is 79.9. The van der Waals surface area contributed by atoms with Crippen molar-refractivity contribution in [1.82, 2.24) is 0 Å². The number of carbonyl (C=O) groups excluding carboxylic acids is 2. The molecule has 1 rings (SSSR count). The maximum absolute atomic E-state index is 13.3. The smallest absolute Gasteiger partial charge is 0.348 e. The molecule has 1 aromatic carbocycles. The fourth-order valence-electron chi connectivity index (χ4n) is 1.17. The van der Waals surface area contributed by atoms with Crippen molar-refractivity contribution in [3.05, 3.63) is 40.4 Å². The van der Waals surface area contributed by atoms with Gasteiger partial charge >= 0.3 is 5.97 Å². The first-order valence-corrected chi connectivity index (χ1v) is 6.12. The van der Waals surface area contributed by atoms with Gasteiger partial charge in [0.15, 0.2) is 0 Å². The van der Waals surface area contributed by atoms with Crippen LogP contribution >= 0.6 is 15.9 Å². The lowest BCUT2D eigenvalue weighted by Gasteiger charge is -2.03. The van der Waals surface area contributed by atoms with Gasteiger partial charge in [0.1, 0.15) is 0 Å². The fourth-order valence-corrected chi connectivity index (χ4v) is 1.43. The van der Waals surface area contributed by atoms with Crippen LogP contribution in [0.3, 0.4) is 0 Å². The van der Waals surface area contributed by atoms with Gasteiger partial charge in [-0.25, -0.2) is 9.18 Å². The third kappa shape index (κ3) is 4.41. The normalized spacial score (nSPS) is 12.4. The number of alkyl halides is 1. The molecule has 5 heteroatoms. The highest BCUT2D eigenvalue weighted by Crippen LogP contribution is 2.11. The van der Waals surface area contributed by atoms with Crippen molar-refractivity contribution < 1.29 is 18.7 Å². The summed E-state index contributed by atoms with van der Waals surface area (Å²) in [6, 6.07) is 7.10. The SMILES string of the molecule is CCOC(=O)C(F)C(=O)/C=C/c1ccc(Br)cc1. The van der Waals surface area contributed by atoms with Crippen LogP contribution in [0.25, 0.3) is 6.08 Å². The Bertz CT molecular complexity index is 454. The molecular formula is C13H12BrFO3. The molecule has 0 aliphatic heterocycles. The predicted molar refractivity (Wildman–Crippen MR) is 69.7 cm³/mol. The Kier molecular flexibility index (Phi) is 5.71. The fraction of sp³-hybridized carbons (Fsp3) is 0.231. The number of ether oxygens (including phenoxy) is 1. The number of hydrogen-bond acceptors (Lipinski definition) is 3. The molecule has 0 aliphatic rings. The van der Waals surface area contributed by atoms with Crippen molar-refractivity contribution in [3.63, 3.8) is 0 Å². The Labute approximate surface area is 113 Å². The molecular weight excluding hydrogens is 303 g/mol. The van der Waals surface area contributed by atoms with Crippen molar-refractivity contribution >= 4 is 33.8 Å². The van der Waals surface area contributed by atoms with Gasteiger partial charge in [-0.1, -0.05) is 34.1 Å². The number of hydrogen-bond donors (Lipinski definition) is 0. The first-order chi connectivity index (χ1) is 8.54. The van der Waals surface area contributed by atoms with E-state index in [9.17, 15) is 14.0 Å². The van der Waals surface area contributed by atoms with E-state index in [2.05, 4.69) is 20.7 Å². The van der Waals surface area contributed by atoms with Crippen LogP contribution in [0, 0.1) is 0 Å². The van der Waals surface area contributed by atoms with E-state index in [0.717, 1.165) is 16.1 Å². The molecule has 0 heterocycles. The lowest BCUT2D eigenvalue weighted by molar-refractivity contribution is -0.151. The van der Waals surface area contributed by atoms with E-state index in [1.807, 2.05) is 0 Å². The van der Waals surface area contributed by atoms with Gasteiger partial charge in [-0.05, 0) is 30.7 Å². The molecule has 3 nitrogen and oxygen atoms in total. The summed E-state index contributed by atoms with van der Waals surface area (Å²) in [6.45, 7) is 1.59. The van der Waals surface area contributed by atoms with Gasteiger partial charge in [0.05, 0.1) is 6.61 Å². The second kappa shape index (κ2) is 7.06. The molecule has 96 valence electrons. The number of ketones is 1. The predicted octanol–water partition coefficient (Wildman–Crippen LogP) is 2.93. The van der Waals surface area contributed by atoms with Crippen LogP contribution in [-0.2, 0) is 14.3 Å². The number of rotatable bonds is 5. The third-order valence-corrected chi connectivity index (χ3v) is 2.58. The van der Waals surface area contributed by atoms with Crippen molar-refractivity contribution in [3.8, 4) is 0 Å². The average Bonchev–Trinajstić information content (AvgIpc) is 2.37. The zero-order valence-corrected chi connectivity index (χ0v) is 11.3. The van der Waals surface area contributed by atoms with Crippen LogP contribution in [0.2, 0.25) is 0 Å². The first kappa shape index (κ1) is 14.6. The van der Waals surface area contributed by atoms with Crippen LogP contribution in [0.15, 0.2) is 34.8 Å². The highest BCUT2D eigenvalue weighted by molar-refractivity contribution is 9.10. The molecule has 0 radical (unpaired) electrons. The minimum atomic E-state index is -2.25. The van der Waals surface area contributed by atoms with Gasteiger partial charge in [-0.2, -0.15) is 0 Å². The zero-order chi connectivity index (χ0) is 13.5. The van der Waals surface area contributed by atoms with E-state index < -0.39 is 17.9 Å². The van der Waals surface area contributed by atoms with Crippen molar-refractivity contribution in [1.29, 1.82) is 0 Å². The maximum atomic E-state index is 13.3. The molecule has 18 heavy (non-hydrogen) atoms. The molecule has 0 aromatic heterocycles. The van der Waals surface area contributed by atoms with E-state index in [-0.39, 0.29) is 6.61 Å². The van der Waals surface area contributed by atoms with Gasteiger partial charge in [-0.15, -0.1) is 0 Å². The summed E-state index contributed by atoms with van der Waals surface area (Å²) >= 11 is 3.27. The van der Waals surface area contributed by atoms with Gasteiger partial charge < -0.3 is 4.74 Å². The number of allylic oxidation sites excluding steroid dienone is 1. The van der Waals surface area contributed by atoms with E-state index in [1.165, 1.54) is 6.08 Å². The third-order valence-electron chi connectivity index (χ3n) is 2.05. The second-order valence-electron chi connectivity index (χ2n) is 3.40. The van der Waals surface area contributed by atoms with Crippen LogP contribution < -0.4 is 0 Å². The summed E-state index contributed by atoms with van der Waals surface area (Å²) in [5.74, 6) is -2.07. The molecule has 1 aromatic rings. The van der Waals surface area contributed by atoms with Gasteiger partial charge in [0.25, 0.3) is 6.17 Å². The Morgan fingerprint density at radius 3 is 2.56 bits per heavy atom. The van der Waals surface area contributed by atoms with Crippen LogP contribution in [0.4, 0.5) is 4.39 Å². The summed E-state index contributed by atoms with van der Waals surface area (Å²) in [5, 5.41) is 0. The topological polar surface area (TPSA) is 43.4 Å². The van der Waals surface area contributed by atoms with Gasteiger partial charge in [-0.3, -0.25) is 4.79 Å². The molecule has 0 spiro atoms. The highest BCUT2D eigenvalue weighted by Gasteiger charge is 2.24. The minimum absolute atomic E-state index is 0.0446. The molecule has 0 amide bonds. The Morgan fingerprint density at radius 1 is 1.39 bits per heavy atom. The monoisotopic (exact) mass is 314 g/mol. The number of halogens is 2. The largest absolute Gasteiger partial charge is 0.463 e. The molecule has 0 aliphatic carbocycles. The van der Waals surface area contributed by atoms with Crippen LogP contribution in [-0.4, -0.2) is 24.5 Å². The summed E-state index contributed by atoms with van der Waals surface area (Å²) in [4.78, 5) is 22.3. The van der Waals surface area contributed by atoms with Crippen molar-refractivity contribution in [2.45, 2.75) is 13.1 Å². The van der Waals surface area contributed by atoms with Gasteiger partial charge in [0.2, 0.25) is 5.78 Å². The summed E-state index contributed by atoms with van der Waals surface area (Å²) < 4.78 is 18.6. The number of benzene rings is 1. The van der Waals surface area contributed by atoms with Crippen molar-refractivity contribution in [2.75, 3.05) is 6.61 Å². The van der Waals surface area contributed by atoms with E-state index in [0.29, 0.717) is 0 Å². The molecule has 0 saturated carbocycles. The molecule has 0 bridgehead atoms. The van der Waals surface area contributed by atoms with Gasteiger partial charge in [0, 0.05) is 4.47 Å². The minimum Gasteiger partial charge on any atom is -0.463 e. The van der Waals surface area contributed by atoms with Crippen molar-refractivity contribution in [2.24, 2.45) is 0 Å². The quantitative estimate of drug-likeness (QED) is 0.477. The standard InChI is InChI=1S/C13H12BrFO3/c1-2-18-13(17)12(15)11(16)8-5-9-3-6-10(14)7-4-9/h3-8,12H,2H2,1H3/b8-5+. The molecule has 0 fully saturated rings. The first-order valence-electron chi connectivity index (χ1n) is 5.32. The van der Waals surface area contributed by atoms with E-state index >= 15 is 0 Å². The summed E-state index contributed by atoms with van der Waals surface area (Å²) in [5.41, 5.74) is 0.739. The Morgan fingerprint density at radius 2 is 2.00 bits per heavy atom. The van der Waals surface area contributed by atoms with Crippen LogP contribution in [0.1, 0.15) is 12.5 Å². The van der Waals surface area contributed by atoms with E-state index in [4.69, 9.17) is 0 Å². The van der Waals surface area contributed by atoms with Crippen LogP contribution in [0.5, 0.6) is 0 Å². The zero-order valence-electron chi connectivity index (χ0n) is 9.73.